The van der Waals surface area contributed by atoms with Gasteiger partial charge in [0.1, 0.15) is 5.00 Å². The van der Waals surface area contributed by atoms with Crippen molar-refractivity contribution in [3.63, 3.8) is 0 Å². The topological polar surface area (TPSA) is 41.6 Å². The quantitative estimate of drug-likeness (QED) is 0.537. The van der Waals surface area contributed by atoms with Crippen LogP contribution in [0.3, 0.4) is 0 Å². The summed E-state index contributed by atoms with van der Waals surface area (Å²) in [5.74, 6) is 0.929. The van der Waals surface area contributed by atoms with Gasteiger partial charge in [0, 0.05) is 24.4 Å². The van der Waals surface area contributed by atoms with E-state index < -0.39 is 0 Å². The van der Waals surface area contributed by atoms with E-state index in [9.17, 15) is 4.79 Å². The number of thiophene rings is 1. The molecule has 4 nitrogen and oxygen atoms in total. The molecule has 0 spiro atoms. The lowest BCUT2D eigenvalue weighted by atomic mass is 9.92. The van der Waals surface area contributed by atoms with Crippen LogP contribution < -0.4 is 5.32 Å². The van der Waals surface area contributed by atoms with E-state index in [-0.39, 0.29) is 5.97 Å². The average molecular weight is 417 g/mol. The van der Waals surface area contributed by atoms with Gasteiger partial charge in [-0.1, -0.05) is 44.2 Å². The molecule has 1 fully saturated rings. The first-order valence-corrected chi connectivity index (χ1v) is 11.1. The summed E-state index contributed by atoms with van der Waals surface area (Å²) in [5, 5.41) is 4.81. The van der Waals surface area contributed by atoms with Crippen molar-refractivity contribution in [1.29, 1.82) is 0 Å². The van der Waals surface area contributed by atoms with E-state index in [1.807, 2.05) is 31.2 Å². The van der Waals surface area contributed by atoms with Gasteiger partial charge < -0.3 is 15.0 Å². The smallest absolute Gasteiger partial charge is 0.341 e. The van der Waals surface area contributed by atoms with Crippen LogP contribution in [0.5, 0.6) is 0 Å². The monoisotopic (exact) mass is 416 g/mol. The Labute approximate surface area is 176 Å². The molecule has 28 heavy (non-hydrogen) atoms. The summed E-state index contributed by atoms with van der Waals surface area (Å²) in [5.41, 5.74) is 1.78. The van der Waals surface area contributed by atoms with Crippen molar-refractivity contribution in [3.05, 3.63) is 52.4 Å². The second-order valence-corrected chi connectivity index (χ2v) is 9.14. The number of piperidine rings is 1. The Kier molecular flexibility index (Phi) is 7.08. The highest BCUT2D eigenvalue weighted by atomic mass is 32.1. The normalized spacial score (nSPS) is 19.3. The first-order valence-electron chi connectivity index (χ1n) is 9.86. The molecule has 6 heteroatoms. The van der Waals surface area contributed by atoms with Crippen molar-refractivity contribution in [2.75, 3.05) is 25.0 Å². The van der Waals surface area contributed by atoms with Gasteiger partial charge >= 0.3 is 5.97 Å². The fourth-order valence-corrected chi connectivity index (χ4v) is 5.18. The zero-order valence-electron chi connectivity index (χ0n) is 16.7. The van der Waals surface area contributed by atoms with Gasteiger partial charge in [-0.3, -0.25) is 0 Å². The van der Waals surface area contributed by atoms with Crippen molar-refractivity contribution < 1.29 is 9.53 Å². The molecule has 0 unspecified atom stereocenters. The summed E-state index contributed by atoms with van der Waals surface area (Å²) < 4.78 is 5.26. The van der Waals surface area contributed by atoms with Crippen LogP contribution in [0.4, 0.5) is 5.00 Å². The van der Waals surface area contributed by atoms with Gasteiger partial charge in [-0.15, -0.1) is 11.3 Å². The molecule has 1 N–H and O–H groups in total. The molecule has 0 aliphatic carbocycles. The summed E-state index contributed by atoms with van der Waals surface area (Å²) in [6, 6.07) is 12.2. The van der Waals surface area contributed by atoms with Gasteiger partial charge in [0.25, 0.3) is 0 Å². The van der Waals surface area contributed by atoms with Gasteiger partial charge in [-0.2, -0.15) is 0 Å². The van der Waals surface area contributed by atoms with Crippen LogP contribution in [0.2, 0.25) is 0 Å². The molecule has 2 aromatic rings. The summed E-state index contributed by atoms with van der Waals surface area (Å²) in [6.45, 7) is 8.61. The molecule has 3 rings (SSSR count). The molecule has 1 aliphatic rings. The molecular formula is C22H28N2O2S2. The Morgan fingerprint density at radius 3 is 2.57 bits per heavy atom. The van der Waals surface area contributed by atoms with E-state index in [4.69, 9.17) is 17.0 Å². The maximum Gasteiger partial charge on any atom is 0.341 e. The summed E-state index contributed by atoms with van der Waals surface area (Å²) >= 11 is 7.26. The first-order chi connectivity index (χ1) is 13.5. The Morgan fingerprint density at radius 2 is 1.93 bits per heavy atom. The van der Waals surface area contributed by atoms with Crippen LogP contribution in [0, 0.1) is 11.8 Å². The third kappa shape index (κ3) is 5.32. The number of hydrogen-bond donors (Lipinski definition) is 1. The molecule has 1 saturated heterocycles. The molecule has 1 aromatic carbocycles. The second-order valence-electron chi connectivity index (χ2n) is 7.62. The van der Waals surface area contributed by atoms with Gasteiger partial charge in [0.05, 0.1) is 12.2 Å². The number of anilines is 1. The van der Waals surface area contributed by atoms with Crippen LogP contribution in [-0.2, 0) is 11.2 Å². The highest BCUT2D eigenvalue weighted by molar-refractivity contribution is 7.80. The van der Waals surface area contributed by atoms with E-state index in [2.05, 4.69) is 36.2 Å². The molecule has 0 radical (unpaired) electrons. The number of carbonyl (C=O) groups excluding carboxylic acids is 1. The van der Waals surface area contributed by atoms with Crippen LogP contribution in [-0.4, -0.2) is 35.7 Å². The Morgan fingerprint density at radius 1 is 1.25 bits per heavy atom. The minimum atomic E-state index is -0.302. The molecular weight excluding hydrogens is 388 g/mol. The number of thiocarbonyl (C=S) groups is 1. The van der Waals surface area contributed by atoms with Crippen LogP contribution in [0.15, 0.2) is 36.4 Å². The number of likely N-dealkylation sites (tertiary alicyclic amines) is 1. The largest absolute Gasteiger partial charge is 0.462 e. The predicted molar refractivity (Wildman–Crippen MR) is 120 cm³/mol. The number of nitrogens with zero attached hydrogens (tertiary/aromatic N) is 1. The van der Waals surface area contributed by atoms with Crippen molar-refractivity contribution >= 4 is 39.6 Å². The zero-order valence-corrected chi connectivity index (χ0v) is 18.4. The lowest BCUT2D eigenvalue weighted by Crippen LogP contribution is -2.44. The molecule has 150 valence electrons. The second kappa shape index (κ2) is 9.52. The van der Waals surface area contributed by atoms with Crippen molar-refractivity contribution in [3.8, 4) is 0 Å². The number of ether oxygens (including phenoxy) is 1. The maximum atomic E-state index is 12.5. The highest BCUT2D eigenvalue weighted by Crippen LogP contribution is 2.31. The Bertz CT molecular complexity index is 809. The number of rotatable bonds is 5. The fourth-order valence-electron chi connectivity index (χ4n) is 3.78. The van der Waals surface area contributed by atoms with E-state index in [0.29, 0.717) is 29.1 Å². The third-order valence-electron chi connectivity index (χ3n) is 4.88. The van der Waals surface area contributed by atoms with Gasteiger partial charge in [-0.05, 0) is 49.0 Å². The molecule has 2 heterocycles. The minimum absolute atomic E-state index is 0.302. The maximum absolute atomic E-state index is 12.5. The molecule has 0 amide bonds. The highest BCUT2D eigenvalue weighted by Gasteiger charge is 2.25. The molecule has 2 atom stereocenters. The number of hydrogen-bond acceptors (Lipinski definition) is 4. The van der Waals surface area contributed by atoms with Gasteiger partial charge in [-0.25, -0.2) is 4.79 Å². The zero-order chi connectivity index (χ0) is 20.1. The van der Waals surface area contributed by atoms with Gasteiger partial charge in [0.15, 0.2) is 5.11 Å². The number of benzene rings is 1. The summed E-state index contributed by atoms with van der Waals surface area (Å²) in [6.07, 6.45) is 2.01. The van der Waals surface area contributed by atoms with Crippen LogP contribution in [0.1, 0.15) is 48.0 Å². The number of esters is 1. The van der Waals surface area contributed by atoms with E-state index in [1.165, 1.54) is 12.0 Å². The van der Waals surface area contributed by atoms with Crippen LogP contribution in [0.25, 0.3) is 0 Å². The fraction of sp³-hybridized carbons (Fsp3) is 0.455. The SMILES string of the molecule is CCOC(=O)c1cc(Cc2ccccc2)sc1NC(=S)N1C[C@H](C)C[C@H](C)C1. The first kappa shape index (κ1) is 20.8. The lowest BCUT2D eigenvalue weighted by Gasteiger charge is -2.36. The Hall–Kier alpha value is -1.92. The standard InChI is InChI=1S/C22H28N2O2S2/c1-4-26-21(25)19-12-18(11-17-8-6-5-7-9-17)28-20(19)23-22(27)24-13-15(2)10-16(3)14-24/h5-9,12,15-16H,4,10-11,13-14H2,1-3H3,(H,23,27)/t15-,16+. The molecule has 0 bridgehead atoms. The van der Waals surface area contributed by atoms with Gasteiger partial charge in [0.2, 0.25) is 0 Å². The van der Waals surface area contributed by atoms with E-state index in [0.717, 1.165) is 29.4 Å². The average Bonchev–Trinajstić information content (AvgIpc) is 3.04. The predicted octanol–water partition coefficient (Wildman–Crippen LogP) is 5.19. The summed E-state index contributed by atoms with van der Waals surface area (Å²) in [4.78, 5) is 15.8. The molecule has 1 aliphatic heterocycles. The van der Waals surface area contributed by atoms with E-state index in [1.54, 1.807) is 11.3 Å². The summed E-state index contributed by atoms with van der Waals surface area (Å²) in [7, 11) is 0. The third-order valence-corrected chi connectivity index (χ3v) is 6.29. The minimum Gasteiger partial charge on any atom is -0.462 e. The number of carbonyl (C=O) groups is 1. The lowest BCUT2D eigenvalue weighted by molar-refractivity contribution is 0.0528. The van der Waals surface area contributed by atoms with Crippen molar-refractivity contribution in [2.24, 2.45) is 11.8 Å². The van der Waals surface area contributed by atoms with Crippen molar-refractivity contribution in [2.45, 2.75) is 33.6 Å². The molecule has 1 aromatic heterocycles. The van der Waals surface area contributed by atoms with E-state index >= 15 is 0 Å². The van der Waals surface area contributed by atoms with Crippen LogP contribution >= 0.6 is 23.6 Å². The molecule has 0 saturated carbocycles. The van der Waals surface area contributed by atoms with Crippen molar-refractivity contribution in [1.82, 2.24) is 4.90 Å². The Balaban J connectivity index is 1.79. The number of nitrogens with one attached hydrogen (secondary N) is 1.